The van der Waals surface area contributed by atoms with Crippen LogP contribution in [-0.4, -0.2) is 16.1 Å². The number of aromatic nitrogens is 1. The predicted octanol–water partition coefficient (Wildman–Crippen LogP) is 3.15. The van der Waals surface area contributed by atoms with Crippen LogP contribution in [0.3, 0.4) is 0 Å². The second kappa shape index (κ2) is 6.52. The molecule has 0 aliphatic carbocycles. The molecule has 20 heavy (non-hydrogen) atoms. The highest BCUT2D eigenvalue weighted by Crippen LogP contribution is 2.15. The van der Waals surface area contributed by atoms with Gasteiger partial charge in [0.15, 0.2) is 0 Å². The van der Waals surface area contributed by atoms with E-state index >= 15 is 0 Å². The summed E-state index contributed by atoms with van der Waals surface area (Å²) >= 11 is 0. The van der Waals surface area contributed by atoms with Gasteiger partial charge in [-0.05, 0) is 30.2 Å². The number of pyridine rings is 1. The Balaban J connectivity index is 2.07. The predicted molar refractivity (Wildman–Crippen MR) is 76.3 cm³/mol. The van der Waals surface area contributed by atoms with E-state index in [-0.39, 0.29) is 5.57 Å². The quantitative estimate of drug-likeness (QED) is 0.847. The third-order valence-corrected chi connectivity index (χ3v) is 2.70. The number of benzene rings is 1. The van der Waals surface area contributed by atoms with Crippen LogP contribution in [0.4, 0.5) is 0 Å². The average Bonchev–Trinajstić information content (AvgIpc) is 2.46. The Bertz CT molecular complexity index is 621. The molecule has 4 heteroatoms. The first-order valence-electron chi connectivity index (χ1n) is 6.18. The Kier molecular flexibility index (Phi) is 4.50. The van der Waals surface area contributed by atoms with E-state index in [0.29, 0.717) is 17.9 Å². The minimum atomic E-state index is -0.944. The molecule has 0 atom stereocenters. The second-order valence-electron chi connectivity index (χ2n) is 4.36. The van der Waals surface area contributed by atoms with Gasteiger partial charge in [0.1, 0.15) is 12.4 Å². The van der Waals surface area contributed by atoms with Crippen LogP contribution in [0.25, 0.3) is 6.08 Å². The summed E-state index contributed by atoms with van der Waals surface area (Å²) in [6.45, 7) is 1.99. The molecule has 0 amide bonds. The van der Waals surface area contributed by atoms with Gasteiger partial charge in [0.2, 0.25) is 0 Å². The van der Waals surface area contributed by atoms with E-state index in [1.165, 1.54) is 0 Å². The van der Waals surface area contributed by atoms with E-state index in [2.05, 4.69) is 4.98 Å². The molecular formula is C16H15NO3. The van der Waals surface area contributed by atoms with E-state index < -0.39 is 5.97 Å². The Morgan fingerprint density at radius 1 is 1.30 bits per heavy atom. The van der Waals surface area contributed by atoms with Crippen molar-refractivity contribution in [2.45, 2.75) is 13.5 Å². The van der Waals surface area contributed by atoms with Gasteiger partial charge in [0.05, 0.1) is 6.20 Å². The number of aliphatic carboxylic acids is 1. The smallest absolute Gasteiger partial charge is 0.331 e. The molecule has 1 N–H and O–H groups in total. The van der Waals surface area contributed by atoms with Gasteiger partial charge in [0.25, 0.3) is 0 Å². The molecule has 0 saturated carbocycles. The largest absolute Gasteiger partial charge is 0.487 e. The van der Waals surface area contributed by atoms with Gasteiger partial charge in [-0.25, -0.2) is 4.79 Å². The lowest BCUT2D eigenvalue weighted by molar-refractivity contribution is -0.132. The van der Waals surface area contributed by atoms with E-state index in [1.807, 2.05) is 30.3 Å². The van der Waals surface area contributed by atoms with Crippen molar-refractivity contribution >= 4 is 12.0 Å². The van der Waals surface area contributed by atoms with Gasteiger partial charge in [-0.3, -0.25) is 4.98 Å². The average molecular weight is 269 g/mol. The van der Waals surface area contributed by atoms with E-state index in [0.717, 1.165) is 5.56 Å². The number of rotatable bonds is 5. The summed E-state index contributed by atoms with van der Waals surface area (Å²) in [7, 11) is 0. The summed E-state index contributed by atoms with van der Waals surface area (Å²) in [5.41, 5.74) is 2.03. The van der Waals surface area contributed by atoms with E-state index in [4.69, 9.17) is 9.84 Å². The van der Waals surface area contributed by atoms with Crippen LogP contribution in [0, 0.1) is 0 Å². The zero-order valence-corrected chi connectivity index (χ0v) is 11.1. The molecule has 0 aliphatic rings. The lowest BCUT2D eigenvalue weighted by Gasteiger charge is -2.06. The van der Waals surface area contributed by atoms with Crippen LogP contribution >= 0.6 is 0 Å². The number of carbonyl (C=O) groups is 1. The molecule has 4 nitrogen and oxygen atoms in total. The van der Waals surface area contributed by atoms with Crippen molar-refractivity contribution in [1.82, 2.24) is 4.98 Å². The van der Waals surface area contributed by atoms with Crippen molar-refractivity contribution in [2.75, 3.05) is 0 Å². The summed E-state index contributed by atoms with van der Waals surface area (Å²) < 4.78 is 5.64. The summed E-state index contributed by atoms with van der Waals surface area (Å²) in [6.07, 6.45) is 4.77. The fourth-order valence-electron chi connectivity index (χ4n) is 1.65. The number of carboxylic acid groups (broad SMARTS) is 1. The highest BCUT2D eigenvalue weighted by Gasteiger charge is 2.02. The fraction of sp³-hybridized carbons (Fsp3) is 0.125. The van der Waals surface area contributed by atoms with E-state index in [1.54, 1.807) is 31.5 Å². The minimum Gasteiger partial charge on any atom is -0.487 e. The summed E-state index contributed by atoms with van der Waals surface area (Å²) in [5, 5.41) is 8.84. The van der Waals surface area contributed by atoms with Crippen LogP contribution in [-0.2, 0) is 11.4 Å². The summed E-state index contributed by atoms with van der Waals surface area (Å²) in [6, 6.07) is 11.6. The van der Waals surface area contributed by atoms with Gasteiger partial charge in [-0.1, -0.05) is 30.3 Å². The molecule has 0 saturated heterocycles. The summed E-state index contributed by atoms with van der Waals surface area (Å²) in [5.74, 6) is -0.332. The van der Waals surface area contributed by atoms with Gasteiger partial charge in [-0.15, -0.1) is 0 Å². The monoisotopic (exact) mass is 269 g/mol. The van der Waals surface area contributed by atoms with Crippen LogP contribution in [0.2, 0.25) is 0 Å². The molecule has 1 aromatic carbocycles. The lowest BCUT2D eigenvalue weighted by Crippen LogP contribution is -1.97. The Labute approximate surface area is 117 Å². The molecule has 1 aromatic heterocycles. The molecule has 102 valence electrons. The standard InChI is InChI=1S/C16H15NO3/c1-12(16(18)19)7-14-8-15(10-17-9-14)20-11-13-5-3-2-4-6-13/h2-10H,11H2,1H3,(H,18,19)/b12-7+. The Morgan fingerprint density at radius 2 is 2.05 bits per heavy atom. The minimum absolute atomic E-state index is 0.256. The molecular weight excluding hydrogens is 254 g/mol. The maximum absolute atomic E-state index is 10.8. The molecule has 0 fully saturated rings. The van der Waals surface area contributed by atoms with Gasteiger partial charge in [-0.2, -0.15) is 0 Å². The second-order valence-corrected chi connectivity index (χ2v) is 4.36. The highest BCUT2D eigenvalue weighted by atomic mass is 16.5. The fourth-order valence-corrected chi connectivity index (χ4v) is 1.65. The molecule has 0 aliphatic heterocycles. The molecule has 0 unspecified atom stereocenters. The first kappa shape index (κ1) is 13.8. The third kappa shape index (κ3) is 3.95. The lowest BCUT2D eigenvalue weighted by atomic mass is 10.2. The van der Waals surface area contributed by atoms with Gasteiger partial charge < -0.3 is 9.84 Å². The van der Waals surface area contributed by atoms with Crippen molar-refractivity contribution in [3.63, 3.8) is 0 Å². The Morgan fingerprint density at radius 3 is 2.75 bits per heavy atom. The van der Waals surface area contributed by atoms with Crippen molar-refractivity contribution in [3.05, 3.63) is 65.5 Å². The first-order valence-corrected chi connectivity index (χ1v) is 6.18. The zero-order chi connectivity index (χ0) is 14.4. The Hall–Kier alpha value is -2.62. The highest BCUT2D eigenvalue weighted by molar-refractivity contribution is 5.91. The molecule has 1 heterocycles. The van der Waals surface area contributed by atoms with Crippen molar-refractivity contribution in [1.29, 1.82) is 0 Å². The van der Waals surface area contributed by atoms with Crippen molar-refractivity contribution in [3.8, 4) is 5.75 Å². The number of hydrogen-bond acceptors (Lipinski definition) is 3. The normalized spacial score (nSPS) is 11.2. The number of nitrogens with zero attached hydrogens (tertiary/aromatic N) is 1. The molecule has 0 spiro atoms. The van der Waals surface area contributed by atoms with Crippen molar-refractivity contribution < 1.29 is 14.6 Å². The number of hydrogen-bond donors (Lipinski definition) is 1. The number of ether oxygens (including phenoxy) is 1. The summed E-state index contributed by atoms with van der Waals surface area (Å²) in [4.78, 5) is 14.8. The SMILES string of the molecule is C/C(=C\c1cncc(OCc2ccccc2)c1)C(=O)O. The first-order chi connectivity index (χ1) is 9.65. The van der Waals surface area contributed by atoms with Crippen LogP contribution < -0.4 is 4.74 Å². The molecule has 2 rings (SSSR count). The van der Waals surface area contributed by atoms with Gasteiger partial charge in [0, 0.05) is 11.8 Å². The third-order valence-electron chi connectivity index (χ3n) is 2.70. The maximum Gasteiger partial charge on any atom is 0.331 e. The van der Waals surface area contributed by atoms with Crippen LogP contribution in [0.15, 0.2) is 54.4 Å². The molecule has 2 aromatic rings. The zero-order valence-electron chi connectivity index (χ0n) is 11.1. The van der Waals surface area contributed by atoms with Crippen LogP contribution in [0.1, 0.15) is 18.1 Å². The number of carboxylic acids is 1. The molecule has 0 bridgehead atoms. The van der Waals surface area contributed by atoms with Gasteiger partial charge >= 0.3 is 5.97 Å². The molecule has 0 radical (unpaired) electrons. The van der Waals surface area contributed by atoms with E-state index in [9.17, 15) is 4.79 Å². The van der Waals surface area contributed by atoms with Crippen LogP contribution in [0.5, 0.6) is 5.75 Å². The topological polar surface area (TPSA) is 59.4 Å². The van der Waals surface area contributed by atoms with Crippen molar-refractivity contribution in [2.24, 2.45) is 0 Å². The maximum atomic E-state index is 10.8.